The van der Waals surface area contributed by atoms with Crippen LogP contribution in [0.25, 0.3) is 0 Å². The van der Waals surface area contributed by atoms with Gasteiger partial charge in [-0.2, -0.15) is 8.78 Å². The molecule has 1 aliphatic rings. The standard InChI is InChI=1S/C16H15F5O3/c17-11-12(18)14(20)16(15(21)13(11)19)24-10(22)8-23-9-6-4-2-1-3-5-7-9/h4,6,9H,1-3,5,7-8H2/b6-4-. The van der Waals surface area contributed by atoms with Crippen LogP contribution in [0, 0.1) is 29.1 Å². The molecule has 1 aromatic carbocycles. The molecule has 0 heterocycles. The summed E-state index contributed by atoms with van der Waals surface area (Å²) in [7, 11) is 0. The van der Waals surface area contributed by atoms with Gasteiger partial charge in [-0.15, -0.1) is 0 Å². The van der Waals surface area contributed by atoms with E-state index in [9.17, 15) is 26.7 Å². The highest BCUT2D eigenvalue weighted by Crippen LogP contribution is 2.29. The molecule has 1 aliphatic carbocycles. The maximum absolute atomic E-state index is 13.4. The van der Waals surface area contributed by atoms with E-state index in [1.54, 1.807) is 6.08 Å². The van der Waals surface area contributed by atoms with E-state index >= 15 is 0 Å². The molecule has 3 nitrogen and oxygen atoms in total. The molecule has 0 spiro atoms. The van der Waals surface area contributed by atoms with E-state index in [-0.39, 0.29) is 6.10 Å². The third kappa shape index (κ3) is 4.31. The molecule has 132 valence electrons. The molecular formula is C16H15F5O3. The number of esters is 1. The monoisotopic (exact) mass is 350 g/mol. The molecule has 1 aromatic rings. The second-order valence-electron chi connectivity index (χ2n) is 5.29. The average Bonchev–Trinajstić information content (AvgIpc) is 2.54. The molecule has 0 fully saturated rings. The van der Waals surface area contributed by atoms with E-state index in [4.69, 9.17) is 4.74 Å². The Kier molecular flexibility index (Phi) is 6.30. The van der Waals surface area contributed by atoms with E-state index in [2.05, 4.69) is 4.74 Å². The fraction of sp³-hybridized carbons (Fsp3) is 0.438. The molecule has 2 rings (SSSR count). The summed E-state index contributed by atoms with van der Waals surface area (Å²) in [6.07, 6.45) is 7.81. The summed E-state index contributed by atoms with van der Waals surface area (Å²) in [5.74, 6) is -14.0. The van der Waals surface area contributed by atoms with Crippen LogP contribution in [-0.4, -0.2) is 18.7 Å². The van der Waals surface area contributed by atoms with Crippen molar-refractivity contribution in [3.8, 4) is 5.75 Å². The van der Waals surface area contributed by atoms with Gasteiger partial charge in [-0.3, -0.25) is 0 Å². The van der Waals surface area contributed by atoms with Gasteiger partial charge in [0.15, 0.2) is 0 Å². The first kappa shape index (κ1) is 18.4. The van der Waals surface area contributed by atoms with Gasteiger partial charge in [0.25, 0.3) is 0 Å². The van der Waals surface area contributed by atoms with Gasteiger partial charge < -0.3 is 9.47 Å². The normalized spacial score (nSPS) is 19.5. The van der Waals surface area contributed by atoms with Crippen molar-refractivity contribution >= 4 is 5.97 Å². The molecule has 0 radical (unpaired) electrons. The Morgan fingerprint density at radius 3 is 2.25 bits per heavy atom. The number of halogens is 5. The Balaban J connectivity index is 2.01. The summed E-state index contributed by atoms with van der Waals surface area (Å²) < 4.78 is 75.3. The summed E-state index contributed by atoms with van der Waals surface area (Å²) in [4.78, 5) is 11.6. The zero-order valence-electron chi connectivity index (χ0n) is 12.6. The van der Waals surface area contributed by atoms with Crippen LogP contribution >= 0.6 is 0 Å². The third-order valence-corrected chi connectivity index (χ3v) is 3.51. The Hall–Kier alpha value is -1.96. The molecule has 24 heavy (non-hydrogen) atoms. The van der Waals surface area contributed by atoms with Gasteiger partial charge in [0.1, 0.15) is 6.61 Å². The molecule has 0 saturated carbocycles. The van der Waals surface area contributed by atoms with Gasteiger partial charge in [-0.05, 0) is 19.3 Å². The molecule has 0 amide bonds. The Bertz CT molecular complexity index is 616. The minimum absolute atomic E-state index is 0.366. The van der Waals surface area contributed by atoms with Gasteiger partial charge in [-0.25, -0.2) is 18.0 Å². The first-order chi connectivity index (χ1) is 11.4. The summed E-state index contributed by atoms with van der Waals surface area (Å²) in [6, 6.07) is 0. The zero-order valence-corrected chi connectivity index (χ0v) is 12.6. The van der Waals surface area contributed by atoms with Crippen LogP contribution in [0.2, 0.25) is 0 Å². The van der Waals surface area contributed by atoms with Gasteiger partial charge in [0, 0.05) is 0 Å². The molecule has 1 atom stereocenters. The second kappa shape index (κ2) is 8.23. The van der Waals surface area contributed by atoms with Crippen LogP contribution in [0.15, 0.2) is 12.2 Å². The zero-order chi connectivity index (χ0) is 17.7. The smallest absolute Gasteiger partial charge is 0.337 e. The predicted octanol–water partition coefficient (Wildman–Crippen LogP) is 4.19. The van der Waals surface area contributed by atoms with Crippen LogP contribution in [0.4, 0.5) is 22.0 Å². The lowest BCUT2D eigenvalue weighted by atomic mass is 10.0. The first-order valence-electron chi connectivity index (χ1n) is 7.42. The predicted molar refractivity (Wildman–Crippen MR) is 73.8 cm³/mol. The second-order valence-corrected chi connectivity index (χ2v) is 5.29. The number of carbonyl (C=O) groups excluding carboxylic acids is 1. The number of carbonyl (C=O) groups is 1. The largest absolute Gasteiger partial charge is 0.418 e. The van der Waals surface area contributed by atoms with Crippen molar-refractivity contribution in [1.82, 2.24) is 0 Å². The minimum Gasteiger partial charge on any atom is -0.418 e. The van der Waals surface area contributed by atoms with E-state index in [0.717, 1.165) is 25.7 Å². The van der Waals surface area contributed by atoms with Gasteiger partial charge in [-0.1, -0.05) is 25.0 Å². The number of rotatable bonds is 4. The molecule has 1 unspecified atom stereocenters. The number of hydrogen-bond acceptors (Lipinski definition) is 3. The molecule has 8 heteroatoms. The van der Waals surface area contributed by atoms with Crippen LogP contribution in [0.3, 0.4) is 0 Å². The summed E-state index contributed by atoms with van der Waals surface area (Å²) >= 11 is 0. The highest BCUT2D eigenvalue weighted by molar-refractivity contribution is 5.73. The molecular weight excluding hydrogens is 335 g/mol. The first-order valence-corrected chi connectivity index (χ1v) is 7.42. The molecule has 0 aliphatic heterocycles. The summed E-state index contributed by atoms with van der Waals surface area (Å²) in [5.41, 5.74) is 0. The maximum Gasteiger partial charge on any atom is 0.337 e. The van der Waals surface area contributed by atoms with E-state index in [1.807, 2.05) is 6.08 Å². The lowest BCUT2D eigenvalue weighted by Gasteiger charge is -2.16. The Morgan fingerprint density at radius 2 is 1.58 bits per heavy atom. The van der Waals surface area contributed by atoms with Gasteiger partial charge in [0.2, 0.25) is 34.8 Å². The minimum atomic E-state index is -2.32. The lowest BCUT2D eigenvalue weighted by Crippen LogP contribution is -2.22. The van der Waals surface area contributed by atoms with Crippen molar-refractivity contribution in [1.29, 1.82) is 0 Å². The third-order valence-electron chi connectivity index (χ3n) is 3.51. The van der Waals surface area contributed by atoms with E-state index < -0.39 is 47.4 Å². The van der Waals surface area contributed by atoms with Crippen LogP contribution in [0.5, 0.6) is 5.75 Å². The quantitative estimate of drug-likeness (QED) is 0.204. The van der Waals surface area contributed by atoms with Crippen molar-refractivity contribution in [3.05, 3.63) is 41.2 Å². The number of allylic oxidation sites excluding steroid dienone is 1. The fourth-order valence-corrected chi connectivity index (χ4v) is 2.26. The molecule has 0 bridgehead atoms. The SMILES string of the molecule is O=C(COC1/C=C\CCCCC1)Oc1c(F)c(F)c(F)c(F)c1F. The van der Waals surface area contributed by atoms with E-state index in [0.29, 0.717) is 6.42 Å². The topological polar surface area (TPSA) is 35.5 Å². The van der Waals surface area contributed by atoms with Crippen LogP contribution < -0.4 is 4.74 Å². The van der Waals surface area contributed by atoms with Crippen molar-refractivity contribution in [2.24, 2.45) is 0 Å². The maximum atomic E-state index is 13.4. The molecule has 0 N–H and O–H groups in total. The van der Waals surface area contributed by atoms with Crippen molar-refractivity contribution in [2.45, 2.75) is 38.2 Å². The van der Waals surface area contributed by atoms with Crippen LogP contribution in [0.1, 0.15) is 32.1 Å². The average molecular weight is 350 g/mol. The van der Waals surface area contributed by atoms with Crippen molar-refractivity contribution in [3.63, 3.8) is 0 Å². The highest BCUT2D eigenvalue weighted by atomic mass is 19.2. The summed E-state index contributed by atoms with van der Waals surface area (Å²) in [6.45, 7) is -0.672. The highest BCUT2D eigenvalue weighted by Gasteiger charge is 2.28. The lowest BCUT2D eigenvalue weighted by molar-refractivity contribution is -0.141. The molecule has 0 aromatic heterocycles. The fourth-order valence-electron chi connectivity index (χ4n) is 2.26. The Morgan fingerprint density at radius 1 is 0.958 bits per heavy atom. The Labute approximate surface area is 135 Å². The van der Waals surface area contributed by atoms with Crippen LogP contribution in [-0.2, 0) is 9.53 Å². The number of hydrogen-bond donors (Lipinski definition) is 0. The van der Waals surface area contributed by atoms with E-state index in [1.165, 1.54) is 0 Å². The van der Waals surface area contributed by atoms with Gasteiger partial charge >= 0.3 is 5.97 Å². The van der Waals surface area contributed by atoms with Crippen molar-refractivity contribution < 1.29 is 36.2 Å². The van der Waals surface area contributed by atoms with Gasteiger partial charge in [0.05, 0.1) is 6.10 Å². The van der Waals surface area contributed by atoms with Crippen molar-refractivity contribution in [2.75, 3.05) is 6.61 Å². The number of ether oxygens (including phenoxy) is 2. The number of benzene rings is 1. The summed E-state index contributed by atoms with van der Waals surface area (Å²) in [5, 5.41) is 0. The molecule has 0 saturated heterocycles.